The van der Waals surface area contributed by atoms with Crippen LogP contribution in [0.2, 0.25) is 0 Å². The summed E-state index contributed by atoms with van der Waals surface area (Å²) in [5.74, 6) is 1.96. The summed E-state index contributed by atoms with van der Waals surface area (Å²) in [5, 5.41) is 0. The van der Waals surface area contributed by atoms with Crippen LogP contribution in [0.1, 0.15) is 11.1 Å². The first-order valence-corrected chi connectivity index (χ1v) is 3.94. The number of benzene rings is 1. The van der Waals surface area contributed by atoms with Gasteiger partial charge in [-0.1, -0.05) is 41.7 Å². The van der Waals surface area contributed by atoms with Gasteiger partial charge in [0, 0.05) is 0 Å². The van der Waals surface area contributed by atoms with Gasteiger partial charge < -0.3 is 0 Å². The van der Waals surface area contributed by atoms with Crippen molar-refractivity contribution in [1.82, 2.24) is 0 Å². The average molecular weight is 150 g/mol. The van der Waals surface area contributed by atoms with Gasteiger partial charge in [0.25, 0.3) is 0 Å². The minimum Gasteiger partial charge on any atom is -0.114 e. The molecular weight excluding hydrogens is 139 g/mol. The highest BCUT2D eigenvalue weighted by Crippen LogP contribution is 2.05. The van der Waals surface area contributed by atoms with E-state index in [2.05, 4.69) is 46.5 Å². The highest BCUT2D eigenvalue weighted by Gasteiger charge is 1.83. The van der Waals surface area contributed by atoms with E-state index in [0.29, 0.717) is 0 Å². The predicted molar refractivity (Wildman–Crippen MR) is 49.9 cm³/mol. The van der Waals surface area contributed by atoms with E-state index in [1.54, 1.807) is 0 Å². The number of rotatable bonds is 1. The zero-order valence-electron chi connectivity index (χ0n) is 6.04. The van der Waals surface area contributed by atoms with Crippen molar-refractivity contribution in [2.75, 3.05) is 0 Å². The molecule has 0 bridgehead atoms. The summed E-state index contributed by atoms with van der Waals surface area (Å²) in [7, 11) is 2.56. The Bertz CT molecular complexity index is 221. The van der Waals surface area contributed by atoms with Crippen molar-refractivity contribution in [3.05, 3.63) is 41.2 Å². The molecule has 0 saturated heterocycles. The lowest BCUT2D eigenvalue weighted by Gasteiger charge is -1.92. The third-order valence-corrected chi connectivity index (χ3v) is 1.56. The maximum Gasteiger partial charge on any atom is -0.0256 e. The minimum atomic E-state index is 1.25. The molecule has 1 rings (SSSR count). The van der Waals surface area contributed by atoms with Crippen molar-refractivity contribution < 1.29 is 0 Å². The van der Waals surface area contributed by atoms with Gasteiger partial charge in [0.1, 0.15) is 0 Å². The molecule has 0 N–H and O–H groups in total. The second kappa shape index (κ2) is 3.53. The maximum absolute atomic E-state index is 2.56. The summed E-state index contributed by atoms with van der Waals surface area (Å²) in [6.45, 7) is 2.09. The summed E-state index contributed by atoms with van der Waals surface area (Å²) < 4.78 is 0. The summed E-state index contributed by atoms with van der Waals surface area (Å²) in [5.41, 5.74) is 2.56. The van der Waals surface area contributed by atoms with E-state index in [4.69, 9.17) is 0 Å². The molecule has 0 aliphatic rings. The second-order valence-corrected chi connectivity index (χ2v) is 2.65. The summed E-state index contributed by atoms with van der Waals surface area (Å²) in [4.78, 5) is 0. The van der Waals surface area contributed by atoms with Crippen LogP contribution in [0.4, 0.5) is 0 Å². The van der Waals surface area contributed by atoms with Gasteiger partial charge >= 0.3 is 0 Å². The zero-order chi connectivity index (χ0) is 7.40. The Morgan fingerprint density at radius 3 is 2.30 bits per heavy atom. The molecule has 0 radical (unpaired) electrons. The normalized spacial score (nSPS) is 10.6. The van der Waals surface area contributed by atoms with E-state index in [9.17, 15) is 0 Å². The Kier molecular flexibility index (Phi) is 2.65. The van der Waals surface area contributed by atoms with E-state index in [1.807, 2.05) is 5.82 Å². The van der Waals surface area contributed by atoms with Gasteiger partial charge in [-0.15, -0.1) is 9.24 Å². The number of hydrogen-bond donors (Lipinski definition) is 0. The third kappa shape index (κ3) is 1.97. The fourth-order valence-electron chi connectivity index (χ4n) is 0.789. The van der Waals surface area contributed by atoms with Gasteiger partial charge in [0.2, 0.25) is 0 Å². The van der Waals surface area contributed by atoms with Crippen molar-refractivity contribution >= 4 is 15.3 Å². The van der Waals surface area contributed by atoms with Crippen molar-refractivity contribution in [2.45, 2.75) is 6.92 Å². The van der Waals surface area contributed by atoms with Crippen LogP contribution < -0.4 is 0 Å². The minimum absolute atomic E-state index is 1.25. The zero-order valence-corrected chi connectivity index (χ0v) is 7.20. The Balaban J connectivity index is 2.89. The molecule has 1 aromatic rings. The Labute approximate surface area is 64.2 Å². The topological polar surface area (TPSA) is 0 Å². The summed E-state index contributed by atoms with van der Waals surface area (Å²) in [6.07, 6.45) is 2.06. The molecular formula is C9H11P. The van der Waals surface area contributed by atoms with E-state index in [0.717, 1.165) is 0 Å². The van der Waals surface area contributed by atoms with Gasteiger partial charge in [-0.25, -0.2) is 0 Å². The van der Waals surface area contributed by atoms with Crippen LogP contribution in [0.5, 0.6) is 0 Å². The monoisotopic (exact) mass is 150 g/mol. The molecule has 52 valence electrons. The van der Waals surface area contributed by atoms with Crippen LogP contribution in [-0.4, -0.2) is 0 Å². The van der Waals surface area contributed by atoms with E-state index < -0.39 is 0 Å². The van der Waals surface area contributed by atoms with Crippen LogP contribution in [0.25, 0.3) is 6.08 Å². The summed E-state index contributed by atoms with van der Waals surface area (Å²) >= 11 is 0. The Morgan fingerprint density at radius 2 is 1.80 bits per heavy atom. The maximum atomic E-state index is 2.56. The van der Waals surface area contributed by atoms with Gasteiger partial charge in [0.15, 0.2) is 0 Å². The van der Waals surface area contributed by atoms with Gasteiger partial charge in [-0.3, -0.25) is 0 Å². The molecule has 0 spiro atoms. The van der Waals surface area contributed by atoms with Crippen LogP contribution in [-0.2, 0) is 0 Å². The van der Waals surface area contributed by atoms with E-state index >= 15 is 0 Å². The highest BCUT2D eigenvalue weighted by molar-refractivity contribution is 7.21. The van der Waals surface area contributed by atoms with Crippen molar-refractivity contribution in [3.63, 3.8) is 0 Å². The molecule has 0 aliphatic carbocycles. The molecule has 0 fully saturated rings. The van der Waals surface area contributed by atoms with Crippen molar-refractivity contribution in [1.29, 1.82) is 0 Å². The lowest BCUT2D eigenvalue weighted by molar-refractivity contribution is 1.46. The van der Waals surface area contributed by atoms with Gasteiger partial charge in [-0.2, -0.15) is 0 Å². The van der Waals surface area contributed by atoms with Crippen molar-refractivity contribution in [3.8, 4) is 0 Å². The van der Waals surface area contributed by atoms with E-state index in [-0.39, 0.29) is 0 Å². The highest BCUT2D eigenvalue weighted by atomic mass is 31.0. The lowest BCUT2D eigenvalue weighted by atomic mass is 10.2. The standard InChI is InChI=1S/C9H11P/c1-8-2-4-9(5-3-8)6-7-10/h2-7H,10H2,1H3/b7-6-. The summed E-state index contributed by atoms with van der Waals surface area (Å²) in [6, 6.07) is 8.44. The first-order valence-electron chi connectivity index (χ1n) is 3.28. The quantitative estimate of drug-likeness (QED) is 0.540. The molecule has 0 saturated carbocycles. The molecule has 1 heteroatoms. The third-order valence-electron chi connectivity index (χ3n) is 1.37. The molecule has 0 amide bonds. The van der Waals surface area contributed by atoms with Gasteiger partial charge in [0.05, 0.1) is 0 Å². The fourth-order valence-corrected chi connectivity index (χ4v) is 1.01. The van der Waals surface area contributed by atoms with E-state index in [1.165, 1.54) is 11.1 Å². The molecule has 10 heavy (non-hydrogen) atoms. The molecule has 1 unspecified atom stereocenters. The molecule has 0 nitrogen and oxygen atoms in total. The van der Waals surface area contributed by atoms with Crippen LogP contribution >= 0.6 is 9.24 Å². The average Bonchev–Trinajstić information content (AvgIpc) is 1.95. The predicted octanol–water partition coefficient (Wildman–Crippen LogP) is 2.84. The number of aryl methyl sites for hydroxylation is 1. The largest absolute Gasteiger partial charge is 0.114 e. The Morgan fingerprint density at radius 1 is 1.20 bits per heavy atom. The molecule has 0 aliphatic heterocycles. The first-order chi connectivity index (χ1) is 4.83. The fraction of sp³-hybridized carbons (Fsp3) is 0.111. The first kappa shape index (κ1) is 7.50. The second-order valence-electron chi connectivity index (χ2n) is 2.27. The Hall–Kier alpha value is -0.610. The molecule has 0 heterocycles. The molecule has 1 aromatic carbocycles. The smallest absolute Gasteiger partial charge is 0.0256 e. The number of hydrogen-bond acceptors (Lipinski definition) is 0. The van der Waals surface area contributed by atoms with Crippen LogP contribution in [0, 0.1) is 6.92 Å². The van der Waals surface area contributed by atoms with Crippen LogP contribution in [0.3, 0.4) is 0 Å². The molecule has 0 aromatic heterocycles. The van der Waals surface area contributed by atoms with Crippen LogP contribution in [0.15, 0.2) is 30.1 Å². The van der Waals surface area contributed by atoms with Crippen molar-refractivity contribution in [2.24, 2.45) is 0 Å². The van der Waals surface area contributed by atoms with Gasteiger partial charge in [-0.05, 0) is 12.5 Å². The lowest BCUT2D eigenvalue weighted by Crippen LogP contribution is -1.71. The molecule has 1 atom stereocenters. The SMILES string of the molecule is Cc1ccc(/C=C\P)cc1.